The number of para-hydroxylation sites is 1. The van der Waals surface area contributed by atoms with Gasteiger partial charge in [0.05, 0.1) is 11.2 Å². The van der Waals surface area contributed by atoms with E-state index in [0.717, 1.165) is 10.9 Å². The molecule has 1 aliphatic heterocycles. The average Bonchev–Trinajstić information content (AvgIpc) is 2.49. The van der Waals surface area contributed by atoms with Crippen LogP contribution in [-0.4, -0.2) is 46.6 Å². The monoisotopic (exact) mass is 286 g/mol. The Labute approximate surface area is 121 Å². The van der Waals surface area contributed by atoms with Gasteiger partial charge in [-0.05, 0) is 12.1 Å². The van der Waals surface area contributed by atoms with Crippen LogP contribution >= 0.6 is 0 Å². The van der Waals surface area contributed by atoms with E-state index in [1.165, 1.54) is 4.90 Å². The fourth-order valence-electron chi connectivity index (χ4n) is 2.52. The summed E-state index contributed by atoms with van der Waals surface area (Å²) >= 11 is 0. The first-order valence-corrected chi connectivity index (χ1v) is 6.53. The minimum atomic E-state index is -1.11. The summed E-state index contributed by atoms with van der Waals surface area (Å²) in [5.41, 5.74) is 1.27. The first kappa shape index (κ1) is 13.5. The number of likely N-dealkylation sites (N-methyl/N-ethyl adjacent to an activating group) is 1. The molecule has 1 aromatic carbocycles. The van der Waals surface area contributed by atoms with Gasteiger partial charge in [-0.3, -0.25) is 9.78 Å². The van der Waals surface area contributed by atoms with Crippen LogP contribution in [0, 0.1) is 0 Å². The molecule has 3 rings (SSSR count). The molecule has 2 unspecified atom stereocenters. The minimum absolute atomic E-state index is 0.225. The fourth-order valence-corrected chi connectivity index (χ4v) is 2.52. The number of rotatable bonds is 2. The molecular weight excluding hydrogens is 272 g/mol. The number of benzene rings is 1. The number of carbonyl (C=O) groups is 2. The van der Waals surface area contributed by atoms with E-state index in [1.807, 2.05) is 30.3 Å². The van der Waals surface area contributed by atoms with Gasteiger partial charge in [-0.1, -0.05) is 24.3 Å². The lowest BCUT2D eigenvalue weighted by atomic mass is 10.0. The van der Waals surface area contributed by atoms with Crippen LogP contribution in [-0.2, 0) is 14.3 Å². The average molecular weight is 286 g/mol. The zero-order valence-electron chi connectivity index (χ0n) is 11.4. The lowest BCUT2D eigenvalue weighted by molar-refractivity contribution is -0.171. The van der Waals surface area contributed by atoms with Crippen molar-refractivity contribution in [3.05, 3.63) is 42.1 Å². The van der Waals surface area contributed by atoms with E-state index in [4.69, 9.17) is 4.74 Å². The molecule has 2 aromatic rings. The number of hydrogen-bond donors (Lipinski definition) is 1. The largest absolute Gasteiger partial charge is 0.479 e. The highest BCUT2D eigenvalue weighted by molar-refractivity contribution is 5.83. The third-order valence-corrected chi connectivity index (χ3v) is 3.65. The number of carboxylic acids is 1. The molecule has 0 bridgehead atoms. The number of nitrogens with zero attached hydrogens (tertiary/aromatic N) is 2. The van der Waals surface area contributed by atoms with E-state index in [0.29, 0.717) is 5.69 Å². The van der Waals surface area contributed by atoms with Crippen molar-refractivity contribution in [2.45, 2.75) is 12.1 Å². The Hall–Kier alpha value is -2.47. The smallest absolute Gasteiger partial charge is 0.335 e. The highest BCUT2D eigenvalue weighted by atomic mass is 16.5. The maximum Gasteiger partial charge on any atom is 0.335 e. The van der Waals surface area contributed by atoms with Crippen LogP contribution in [0.1, 0.15) is 11.7 Å². The molecule has 1 fully saturated rings. The number of carboxylic acid groups (broad SMARTS) is 1. The molecule has 1 N–H and O–H groups in total. The van der Waals surface area contributed by atoms with Gasteiger partial charge in [-0.15, -0.1) is 0 Å². The number of ether oxygens (including phenoxy) is 1. The molecule has 0 saturated carbocycles. The summed E-state index contributed by atoms with van der Waals surface area (Å²) in [5, 5.41) is 10.3. The van der Waals surface area contributed by atoms with E-state index in [9.17, 15) is 14.7 Å². The van der Waals surface area contributed by atoms with Gasteiger partial charge >= 0.3 is 5.97 Å². The zero-order chi connectivity index (χ0) is 15.0. The Morgan fingerprint density at radius 1 is 1.33 bits per heavy atom. The third-order valence-electron chi connectivity index (χ3n) is 3.65. The van der Waals surface area contributed by atoms with Gasteiger partial charge in [0.1, 0.15) is 12.6 Å². The maximum atomic E-state index is 11.8. The van der Waals surface area contributed by atoms with E-state index >= 15 is 0 Å². The van der Waals surface area contributed by atoms with Crippen molar-refractivity contribution in [2.24, 2.45) is 0 Å². The second-order valence-electron chi connectivity index (χ2n) is 4.95. The second kappa shape index (κ2) is 5.14. The Morgan fingerprint density at radius 2 is 2.10 bits per heavy atom. The van der Waals surface area contributed by atoms with Crippen LogP contribution in [0.3, 0.4) is 0 Å². The molecule has 6 heteroatoms. The summed E-state index contributed by atoms with van der Waals surface area (Å²) < 4.78 is 5.17. The third kappa shape index (κ3) is 2.34. The molecule has 2 atom stereocenters. The van der Waals surface area contributed by atoms with Crippen LogP contribution in [0.4, 0.5) is 0 Å². The van der Waals surface area contributed by atoms with Crippen LogP contribution in [0.15, 0.2) is 36.4 Å². The number of pyridine rings is 1. The summed E-state index contributed by atoms with van der Waals surface area (Å²) in [5.74, 6) is -1.36. The quantitative estimate of drug-likeness (QED) is 0.897. The number of aromatic nitrogens is 1. The second-order valence-corrected chi connectivity index (χ2v) is 4.95. The van der Waals surface area contributed by atoms with Gasteiger partial charge in [0.2, 0.25) is 5.91 Å². The molecular formula is C15H14N2O4. The number of aliphatic carboxylic acids is 1. The molecule has 1 aliphatic rings. The van der Waals surface area contributed by atoms with Gasteiger partial charge in [0, 0.05) is 12.4 Å². The number of hydrogen-bond acceptors (Lipinski definition) is 4. The molecule has 0 radical (unpaired) electrons. The predicted octanol–water partition coefficient (Wildman–Crippen LogP) is 1.22. The molecule has 2 heterocycles. The van der Waals surface area contributed by atoms with Crippen molar-refractivity contribution in [3.63, 3.8) is 0 Å². The van der Waals surface area contributed by atoms with Crippen molar-refractivity contribution in [1.29, 1.82) is 0 Å². The minimum Gasteiger partial charge on any atom is -0.479 e. The van der Waals surface area contributed by atoms with E-state index in [-0.39, 0.29) is 12.5 Å². The topological polar surface area (TPSA) is 79.7 Å². The van der Waals surface area contributed by atoms with Gasteiger partial charge in [0.15, 0.2) is 6.10 Å². The maximum absolute atomic E-state index is 11.8. The summed E-state index contributed by atoms with van der Waals surface area (Å²) in [4.78, 5) is 29.0. The summed E-state index contributed by atoms with van der Waals surface area (Å²) in [6, 6.07) is 10.4. The summed E-state index contributed by atoms with van der Waals surface area (Å²) in [6.07, 6.45) is -1.11. The predicted molar refractivity (Wildman–Crippen MR) is 74.6 cm³/mol. The number of fused-ring (bicyclic) bond motifs is 1. The molecule has 1 saturated heterocycles. The fraction of sp³-hybridized carbons (Fsp3) is 0.267. The van der Waals surface area contributed by atoms with E-state index in [2.05, 4.69) is 4.98 Å². The van der Waals surface area contributed by atoms with Crippen LogP contribution in [0.2, 0.25) is 0 Å². The molecule has 1 aromatic heterocycles. The zero-order valence-corrected chi connectivity index (χ0v) is 11.4. The van der Waals surface area contributed by atoms with Crippen molar-refractivity contribution in [3.8, 4) is 0 Å². The number of carbonyl (C=O) groups excluding carboxylic acids is 1. The van der Waals surface area contributed by atoms with E-state index in [1.54, 1.807) is 13.1 Å². The SMILES string of the molecule is CN1C(=O)COC(C(=O)O)C1c1ccc2ccccc2n1. The van der Waals surface area contributed by atoms with Crippen molar-refractivity contribution in [2.75, 3.05) is 13.7 Å². The normalized spacial score (nSPS) is 22.5. The van der Waals surface area contributed by atoms with Crippen LogP contribution < -0.4 is 0 Å². The molecule has 0 aliphatic carbocycles. The Bertz CT molecular complexity index is 716. The molecule has 21 heavy (non-hydrogen) atoms. The van der Waals surface area contributed by atoms with Gasteiger partial charge in [-0.2, -0.15) is 0 Å². The lowest BCUT2D eigenvalue weighted by Gasteiger charge is -2.36. The highest BCUT2D eigenvalue weighted by Crippen LogP contribution is 2.29. The number of amides is 1. The highest BCUT2D eigenvalue weighted by Gasteiger charge is 2.40. The molecule has 108 valence electrons. The van der Waals surface area contributed by atoms with Gasteiger partial charge in [-0.25, -0.2) is 4.79 Å². The molecule has 1 amide bonds. The summed E-state index contributed by atoms with van der Waals surface area (Å²) in [6.45, 7) is -0.225. The van der Waals surface area contributed by atoms with Crippen LogP contribution in [0.5, 0.6) is 0 Å². The number of morpholine rings is 1. The van der Waals surface area contributed by atoms with Crippen LogP contribution in [0.25, 0.3) is 10.9 Å². The lowest BCUT2D eigenvalue weighted by Crippen LogP contribution is -2.50. The molecule has 6 nitrogen and oxygen atoms in total. The Balaban J connectivity index is 2.07. The van der Waals surface area contributed by atoms with Crippen molar-refractivity contribution >= 4 is 22.8 Å². The molecule has 0 spiro atoms. The van der Waals surface area contributed by atoms with Crippen molar-refractivity contribution < 1.29 is 19.4 Å². The standard InChI is InChI=1S/C15H14N2O4/c1-17-12(18)8-21-14(15(19)20)13(17)11-7-6-9-4-2-3-5-10(9)16-11/h2-7,13-14H,8H2,1H3,(H,19,20). The van der Waals surface area contributed by atoms with Crippen molar-refractivity contribution in [1.82, 2.24) is 9.88 Å². The van der Waals surface area contributed by atoms with Gasteiger partial charge < -0.3 is 14.7 Å². The Morgan fingerprint density at radius 3 is 2.86 bits per heavy atom. The first-order chi connectivity index (χ1) is 10.1. The van der Waals surface area contributed by atoms with E-state index < -0.39 is 18.1 Å². The first-order valence-electron chi connectivity index (χ1n) is 6.53. The Kier molecular flexibility index (Phi) is 3.31. The van der Waals surface area contributed by atoms with Gasteiger partial charge in [0.25, 0.3) is 0 Å². The summed E-state index contributed by atoms with van der Waals surface area (Å²) in [7, 11) is 1.57.